The summed E-state index contributed by atoms with van der Waals surface area (Å²) in [5.41, 5.74) is 0. The zero-order valence-corrected chi connectivity index (χ0v) is 6.76. The predicted octanol–water partition coefficient (Wildman–Crippen LogP) is 0.580. The van der Waals surface area contributed by atoms with Crippen LogP contribution in [0, 0.1) is 0 Å². The van der Waals surface area contributed by atoms with E-state index in [9.17, 15) is 8.42 Å². The van der Waals surface area contributed by atoms with Gasteiger partial charge in [0, 0.05) is 0 Å². The van der Waals surface area contributed by atoms with E-state index in [1.54, 1.807) is 6.92 Å². The summed E-state index contributed by atoms with van der Waals surface area (Å²) in [7, 11) is -3.85. The summed E-state index contributed by atoms with van der Waals surface area (Å²) in [6.45, 7) is 5.10. The molecule has 5 heteroatoms. The topological polar surface area (TPSA) is 54.4 Å². The fraction of sp³-hybridized carbons (Fsp3) is 0.667. The molecule has 0 aliphatic rings. The fourth-order valence-corrected chi connectivity index (χ4v) is 1.49. The Balaban J connectivity index is 0. The van der Waals surface area contributed by atoms with Crippen LogP contribution in [0.2, 0.25) is 0 Å². The first-order chi connectivity index (χ1) is 4.52. The van der Waals surface area contributed by atoms with Crippen LogP contribution in [0.5, 0.6) is 0 Å². The van der Waals surface area contributed by atoms with Gasteiger partial charge in [0.05, 0.1) is 5.25 Å². The van der Waals surface area contributed by atoms with Crippen molar-refractivity contribution in [3.63, 3.8) is 0 Å². The van der Waals surface area contributed by atoms with Gasteiger partial charge in [-0.05, 0) is 12.8 Å². The van der Waals surface area contributed by atoms with Crippen LogP contribution in [0.4, 0.5) is 0 Å². The van der Waals surface area contributed by atoms with Crippen molar-refractivity contribution in [1.82, 2.24) is 0 Å². The Hall–Kier alpha value is 0.650. The molecule has 0 saturated heterocycles. The van der Waals surface area contributed by atoms with Crippen LogP contribution in [0.3, 0.4) is 0 Å². The van der Waals surface area contributed by atoms with Crippen molar-refractivity contribution in [3.8, 4) is 0 Å². The van der Waals surface area contributed by atoms with Crippen LogP contribution in [0.25, 0.3) is 0 Å². The SMILES string of the molecule is C=CCC(CC)S(=O)(=O)O.[NaH]. The van der Waals surface area contributed by atoms with Gasteiger partial charge >= 0.3 is 29.6 Å². The molecule has 0 spiro atoms. The number of hydrogen-bond donors (Lipinski definition) is 1. The molecule has 0 amide bonds. The van der Waals surface area contributed by atoms with Gasteiger partial charge in [-0.2, -0.15) is 8.42 Å². The number of hydrogen-bond acceptors (Lipinski definition) is 2. The van der Waals surface area contributed by atoms with Gasteiger partial charge in [0.25, 0.3) is 10.1 Å². The van der Waals surface area contributed by atoms with Crippen LogP contribution in [-0.4, -0.2) is 47.8 Å². The molecule has 0 aliphatic heterocycles. The monoisotopic (exact) mass is 188 g/mol. The first-order valence-electron chi connectivity index (χ1n) is 3.09. The maximum atomic E-state index is 10.5. The average Bonchev–Trinajstić information content (AvgIpc) is 1.80. The molecule has 0 rings (SSSR count). The summed E-state index contributed by atoms with van der Waals surface area (Å²) in [6, 6.07) is 0. The standard InChI is InChI=1S/C6H12O3S.Na.H/c1-3-5-6(4-2)10(7,8)9;;/h3,6H,1,4-5H2,2H3,(H,7,8,9);;. The van der Waals surface area contributed by atoms with Crippen LogP contribution in [-0.2, 0) is 10.1 Å². The van der Waals surface area contributed by atoms with Gasteiger partial charge in [-0.3, -0.25) is 4.55 Å². The van der Waals surface area contributed by atoms with Crippen molar-refractivity contribution in [2.45, 2.75) is 25.0 Å². The summed E-state index contributed by atoms with van der Waals surface area (Å²) in [4.78, 5) is 0. The maximum absolute atomic E-state index is 10.5. The first-order valence-corrected chi connectivity index (χ1v) is 4.59. The molecule has 0 saturated carbocycles. The number of allylic oxidation sites excluding steroid dienone is 1. The Morgan fingerprint density at radius 1 is 1.64 bits per heavy atom. The van der Waals surface area contributed by atoms with Gasteiger partial charge in [0.2, 0.25) is 0 Å². The Labute approximate surface area is 89.9 Å². The van der Waals surface area contributed by atoms with Crippen molar-refractivity contribution < 1.29 is 13.0 Å². The Kier molecular flexibility index (Phi) is 7.99. The molecule has 0 radical (unpaired) electrons. The molecule has 0 heterocycles. The zero-order chi connectivity index (χ0) is 8.20. The Morgan fingerprint density at radius 3 is 2.18 bits per heavy atom. The molecule has 3 nitrogen and oxygen atoms in total. The number of rotatable bonds is 4. The van der Waals surface area contributed by atoms with E-state index in [-0.39, 0.29) is 29.6 Å². The molecule has 1 unspecified atom stereocenters. The van der Waals surface area contributed by atoms with Gasteiger partial charge in [0.15, 0.2) is 0 Å². The molecule has 0 aromatic rings. The van der Waals surface area contributed by atoms with E-state index in [1.807, 2.05) is 0 Å². The quantitative estimate of drug-likeness (QED) is 0.399. The third-order valence-electron chi connectivity index (χ3n) is 1.31. The minimum atomic E-state index is -3.85. The first kappa shape index (κ1) is 14.2. The van der Waals surface area contributed by atoms with E-state index in [1.165, 1.54) is 6.08 Å². The molecular weight excluding hydrogens is 175 g/mol. The molecular formula is C6H13NaO3S. The molecule has 1 N–H and O–H groups in total. The van der Waals surface area contributed by atoms with Crippen molar-refractivity contribution in [3.05, 3.63) is 12.7 Å². The summed E-state index contributed by atoms with van der Waals surface area (Å²) in [6.07, 6.45) is 2.22. The molecule has 1 atom stereocenters. The van der Waals surface area contributed by atoms with E-state index in [0.29, 0.717) is 12.8 Å². The van der Waals surface area contributed by atoms with Gasteiger partial charge in [-0.25, -0.2) is 0 Å². The van der Waals surface area contributed by atoms with Crippen molar-refractivity contribution >= 4 is 39.7 Å². The van der Waals surface area contributed by atoms with Gasteiger partial charge < -0.3 is 0 Å². The van der Waals surface area contributed by atoms with Gasteiger partial charge in [-0.15, -0.1) is 6.58 Å². The second-order valence-electron chi connectivity index (χ2n) is 2.07. The van der Waals surface area contributed by atoms with Crippen molar-refractivity contribution in [1.29, 1.82) is 0 Å². The normalized spacial score (nSPS) is 13.3. The van der Waals surface area contributed by atoms with Crippen molar-refractivity contribution in [2.75, 3.05) is 0 Å². The third-order valence-corrected chi connectivity index (χ3v) is 2.67. The molecule has 0 bridgehead atoms. The minimum absolute atomic E-state index is 0. The molecule has 62 valence electrons. The van der Waals surface area contributed by atoms with E-state index >= 15 is 0 Å². The second-order valence-corrected chi connectivity index (χ2v) is 3.77. The third kappa shape index (κ3) is 5.87. The second kappa shape index (κ2) is 6.20. The molecule has 0 fully saturated rings. The van der Waals surface area contributed by atoms with Crippen LogP contribution in [0.15, 0.2) is 12.7 Å². The van der Waals surface area contributed by atoms with Crippen LogP contribution >= 0.6 is 0 Å². The summed E-state index contributed by atoms with van der Waals surface area (Å²) < 4.78 is 29.5. The van der Waals surface area contributed by atoms with Gasteiger partial charge in [-0.1, -0.05) is 13.0 Å². The van der Waals surface area contributed by atoms with E-state index in [4.69, 9.17) is 4.55 Å². The molecule has 0 aromatic carbocycles. The molecule has 0 aliphatic carbocycles. The van der Waals surface area contributed by atoms with E-state index < -0.39 is 15.4 Å². The van der Waals surface area contributed by atoms with Crippen LogP contribution in [0.1, 0.15) is 19.8 Å². The Bertz CT molecular complexity index is 198. The van der Waals surface area contributed by atoms with E-state index in [2.05, 4.69) is 6.58 Å². The average molecular weight is 188 g/mol. The Morgan fingerprint density at radius 2 is 2.09 bits per heavy atom. The molecule has 11 heavy (non-hydrogen) atoms. The van der Waals surface area contributed by atoms with Crippen molar-refractivity contribution in [2.24, 2.45) is 0 Å². The summed E-state index contributed by atoms with van der Waals surface area (Å²) in [5.74, 6) is 0. The van der Waals surface area contributed by atoms with Crippen LogP contribution < -0.4 is 0 Å². The fourth-order valence-electron chi connectivity index (χ4n) is 0.685. The van der Waals surface area contributed by atoms with Gasteiger partial charge in [0.1, 0.15) is 0 Å². The summed E-state index contributed by atoms with van der Waals surface area (Å²) >= 11 is 0. The predicted molar refractivity (Wildman–Crippen MR) is 47.6 cm³/mol. The van der Waals surface area contributed by atoms with E-state index in [0.717, 1.165) is 0 Å². The zero-order valence-electron chi connectivity index (χ0n) is 5.95. The summed E-state index contributed by atoms with van der Waals surface area (Å²) in [5, 5.41) is -0.676. The molecule has 0 aromatic heterocycles.